The Morgan fingerprint density at radius 1 is 1.04 bits per heavy atom. The summed E-state index contributed by atoms with van der Waals surface area (Å²) in [6, 6.07) is 3.29. The Balaban J connectivity index is 2.31. The van der Waals surface area contributed by atoms with Gasteiger partial charge in [0.25, 0.3) is 5.91 Å². The number of nitrogens with zero attached hydrogens (tertiary/aromatic N) is 1. The number of likely N-dealkylation sites (tertiary alicyclic amines) is 1. The zero-order valence-corrected chi connectivity index (χ0v) is 14.2. The fraction of sp³-hybridized carbons (Fsp3) is 0.588. The van der Waals surface area contributed by atoms with Gasteiger partial charge in [0.1, 0.15) is 5.75 Å². The summed E-state index contributed by atoms with van der Waals surface area (Å²) in [5, 5.41) is 10.2. The van der Waals surface area contributed by atoms with Crippen LogP contribution >= 0.6 is 0 Å². The van der Waals surface area contributed by atoms with E-state index in [4.69, 9.17) is 14.2 Å². The highest BCUT2D eigenvalue weighted by Gasteiger charge is 2.29. The highest BCUT2D eigenvalue weighted by Crippen LogP contribution is 2.35. The Labute approximate surface area is 136 Å². The van der Waals surface area contributed by atoms with E-state index < -0.39 is 5.60 Å². The number of ether oxygens (including phenoxy) is 3. The molecule has 1 atom stereocenters. The maximum atomic E-state index is 12.9. The molecule has 0 saturated carbocycles. The van der Waals surface area contributed by atoms with Crippen molar-refractivity contribution in [3.05, 3.63) is 17.7 Å². The van der Waals surface area contributed by atoms with Crippen molar-refractivity contribution in [3.8, 4) is 17.2 Å². The normalized spacial score (nSPS) is 21.5. The summed E-state index contributed by atoms with van der Waals surface area (Å²) < 4.78 is 15.9. The van der Waals surface area contributed by atoms with Crippen molar-refractivity contribution >= 4 is 5.91 Å². The first-order chi connectivity index (χ1) is 10.9. The van der Waals surface area contributed by atoms with E-state index in [9.17, 15) is 9.90 Å². The first-order valence-electron chi connectivity index (χ1n) is 7.73. The van der Waals surface area contributed by atoms with Gasteiger partial charge >= 0.3 is 0 Å². The molecule has 6 nitrogen and oxygen atoms in total. The van der Waals surface area contributed by atoms with E-state index in [2.05, 4.69) is 0 Å². The van der Waals surface area contributed by atoms with Gasteiger partial charge in [-0.15, -0.1) is 0 Å². The van der Waals surface area contributed by atoms with Crippen LogP contribution in [-0.4, -0.2) is 55.9 Å². The monoisotopic (exact) mass is 323 g/mol. The number of carbonyl (C=O) groups is 1. The van der Waals surface area contributed by atoms with Crippen LogP contribution in [0.3, 0.4) is 0 Å². The number of rotatable bonds is 4. The van der Waals surface area contributed by atoms with Gasteiger partial charge in [-0.3, -0.25) is 4.79 Å². The van der Waals surface area contributed by atoms with Gasteiger partial charge in [-0.1, -0.05) is 0 Å². The molecule has 1 amide bonds. The van der Waals surface area contributed by atoms with E-state index in [1.807, 2.05) is 6.92 Å². The minimum Gasteiger partial charge on any atom is -0.496 e. The average Bonchev–Trinajstić information content (AvgIpc) is 2.73. The summed E-state index contributed by atoms with van der Waals surface area (Å²) in [7, 11) is 4.59. The molecule has 1 aliphatic rings. The Morgan fingerprint density at radius 3 is 2.26 bits per heavy atom. The molecule has 128 valence electrons. The molecule has 0 radical (unpaired) electrons. The van der Waals surface area contributed by atoms with Gasteiger partial charge in [0.15, 0.2) is 11.5 Å². The highest BCUT2D eigenvalue weighted by atomic mass is 16.5. The second-order valence-corrected chi connectivity index (χ2v) is 6.05. The molecular formula is C17H25NO5. The number of hydrogen-bond donors (Lipinski definition) is 1. The molecule has 1 fully saturated rings. The number of methoxy groups -OCH3 is 3. The first kappa shape index (κ1) is 17.4. The fourth-order valence-electron chi connectivity index (χ4n) is 2.83. The second kappa shape index (κ2) is 7.08. The zero-order valence-electron chi connectivity index (χ0n) is 14.2. The van der Waals surface area contributed by atoms with E-state index in [-0.39, 0.29) is 5.91 Å². The van der Waals surface area contributed by atoms with Gasteiger partial charge in [-0.25, -0.2) is 0 Å². The Bertz CT molecular complexity index is 570. The van der Waals surface area contributed by atoms with E-state index >= 15 is 0 Å². The van der Waals surface area contributed by atoms with E-state index in [0.29, 0.717) is 48.7 Å². The van der Waals surface area contributed by atoms with Crippen LogP contribution < -0.4 is 14.2 Å². The molecule has 1 aliphatic heterocycles. The van der Waals surface area contributed by atoms with Gasteiger partial charge in [0.2, 0.25) is 0 Å². The van der Waals surface area contributed by atoms with Gasteiger partial charge in [-0.05, 0) is 26.2 Å². The maximum absolute atomic E-state index is 12.9. The number of hydrogen-bond acceptors (Lipinski definition) is 5. The number of amides is 1. The van der Waals surface area contributed by atoms with E-state index in [1.54, 1.807) is 17.0 Å². The van der Waals surface area contributed by atoms with Crippen molar-refractivity contribution in [1.82, 2.24) is 4.90 Å². The van der Waals surface area contributed by atoms with Gasteiger partial charge in [0.05, 0.1) is 32.5 Å². The smallest absolute Gasteiger partial charge is 0.257 e. The quantitative estimate of drug-likeness (QED) is 0.919. The van der Waals surface area contributed by atoms with Gasteiger partial charge < -0.3 is 24.2 Å². The fourth-order valence-corrected chi connectivity index (χ4v) is 2.83. The summed E-state index contributed by atoms with van der Waals surface area (Å²) in [4.78, 5) is 14.6. The molecule has 1 heterocycles. The molecular weight excluding hydrogens is 298 g/mol. The van der Waals surface area contributed by atoms with Crippen LogP contribution in [0.4, 0.5) is 0 Å². The minimum absolute atomic E-state index is 0.125. The number of benzene rings is 1. The Kier molecular flexibility index (Phi) is 5.36. The molecule has 1 aromatic carbocycles. The molecule has 2 rings (SSSR count). The second-order valence-electron chi connectivity index (χ2n) is 6.05. The lowest BCUT2D eigenvalue weighted by atomic mass is 9.98. The topological polar surface area (TPSA) is 68.2 Å². The molecule has 0 aromatic heterocycles. The standard InChI is InChI=1S/C17H25NO5/c1-17(20)6-5-8-18(9-7-17)16(19)12-10-14(22-3)15(23-4)11-13(12)21-2/h10-11,20H,5-9H2,1-4H3/t17-/m1/s1. The van der Waals surface area contributed by atoms with Crippen molar-refractivity contribution in [3.63, 3.8) is 0 Å². The molecule has 1 N–H and O–H groups in total. The lowest BCUT2D eigenvalue weighted by Crippen LogP contribution is -2.33. The molecule has 6 heteroatoms. The largest absolute Gasteiger partial charge is 0.496 e. The number of carbonyl (C=O) groups excluding carboxylic acids is 1. The predicted molar refractivity (Wildman–Crippen MR) is 86.5 cm³/mol. The van der Waals surface area contributed by atoms with Crippen molar-refractivity contribution in [2.75, 3.05) is 34.4 Å². The highest BCUT2D eigenvalue weighted by molar-refractivity contribution is 5.97. The molecule has 0 aliphatic carbocycles. The van der Waals surface area contributed by atoms with Crippen LogP contribution in [0, 0.1) is 0 Å². The van der Waals surface area contributed by atoms with E-state index in [1.165, 1.54) is 21.3 Å². The van der Waals surface area contributed by atoms with Crippen molar-refractivity contribution < 1.29 is 24.1 Å². The summed E-state index contributed by atoms with van der Waals surface area (Å²) in [5.74, 6) is 1.32. The van der Waals surface area contributed by atoms with Crippen LogP contribution in [0.15, 0.2) is 12.1 Å². The average molecular weight is 323 g/mol. The summed E-state index contributed by atoms with van der Waals surface area (Å²) in [6.45, 7) is 2.95. The van der Waals surface area contributed by atoms with Crippen LogP contribution in [0.2, 0.25) is 0 Å². The SMILES string of the molecule is COc1cc(OC)c(C(=O)N2CCC[C@@](C)(O)CC2)cc1OC. The van der Waals surface area contributed by atoms with Gasteiger partial charge in [0, 0.05) is 25.2 Å². The third-order valence-electron chi connectivity index (χ3n) is 4.29. The predicted octanol–water partition coefficient (Wildman–Crippen LogP) is 2.09. The van der Waals surface area contributed by atoms with Crippen molar-refractivity contribution in [1.29, 1.82) is 0 Å². The molecule has 0 unspecified atom stereocenters. The molecule has 1 saturated heterocycles. The Hall–Kier alpha value is -1.95. The lowest BCUT2D eigenvalue weighted by molar-refractivity contribution is 0.0437. The summed E-state index contributed by atoms with van der Waals surface area (Å²) >= 11 is 0. The molecule has 0 bridgehead atoms. The lowest BCUT2D eigenvalue weighted by Gasteiger charge is -2.23. The third kappa shape index (κ3) is 3.88. The maximum Gasteiger partial charge on any atom is 0.257 e. The van der Waals surface area contributed by atoms with Crippen LogP contribution in [-0.2, 0) is 0 Å². The van der Waals surface area contributed by atoms with E-state index in [0.717, 1.165) is 6.42 Å². The third-order valence-corrected chi connectivity index (χ3v) is 4.29. The van der Waals surface area contributed by atoms with Crippen molar-refractivity contribution in [2.45, 2.75) is 31.8 Å². The molecule has 23 heavy (non-hydrogen) atoms. The summed E-state index contributed by atoms with van der Waals surface area (Å²) in [5.41, 5.74) is -0.275. The van der Waals surface area contributed by atoms with Crippen LogP contribution in [0.25, 0.3) is 0 Å². The van der Waals surface area contributed by atoms with Gasteiger partial charge in [-0.2, -0.15) is 0 Å². The number of aliphatic hydroxyl groups is 1. The first-order valence-corrected chi connectivity index (χ1v) is 7.73. The molecule has 1 aromatic rings. The minimum atomic E-state index is -0.712. The van der Waals surface area contributed by atoms with Crippen LogP contribution in [0.1, 0.15) is 36.5 Å². The summed E-state index contributed by atoms with van der Waals surface area (Å²) in [6.07, 6.45) is 2.03. The van der Waals surface area contributed by atoms with Crippen molar-refractivity contribution in [2.24, 2.45) is 0 Å². The zero-order chi connectivity index (χ0) is 17.0. The van der Waals surface area contributed by atoms with Crippen LogP contribution in [0.5, 0.6) is 17.2 Å². The molecule has 0 spiro atoms. The Morgan fingerprint density at radius 2 is 1.65 bits per heavy atom.